The lowest BCUT2D eigenvalue weighted by molar-refractivity contribution is 0.553. The lowest BCUT2D eigenvalue weighted by atomic mass is 10.3. The van der Waals surface area contributed by atoms with Crippen molar-refractivity contribution in [2.75, 3.05) is 11.5 Å². The zero-order valence-electron chi connectivity index (χ0n) is 8.08. The van der Waals surface area contributed by atoms with Crippen LogP contribution in [0.3, 0.4) is 0 Å². The van der Waals surface area contributed by atoms with Crippen molar-refractivity contribution in [2.45, 2.75) is 17.5 Å². The van der Waals surface area contributed by atoms with Crippen LogP contribution in [0.4, 0.5) is 0 Å². The van der Waals surface area contributed by atoms with E-state index in [9.17, 15) is 16.8 Å². The Bertz CT molecular complexity index is 604. The molecule has 1 fully saturated rings. The molecule has 1 aromatic rings. The molecule has 0 aromatic carbocycles. The zero-order valence-corrected chi connectivity index (χ0v) is 10.5. The SMILES string of the molecule is O=S1(=O)CCC(n2cnc(S(=O)(=O)Cl)c2)C1. The minimum atomic E-state index is -3.85. The quantitative estimate of drug-likeness (QED) is 0.723. The van der Waals surface area contributed by atoms with Crippen LogP contribution in [0.2, 0.25) is 0 Å². The summed E-state index contributed by atoms with van der Waals surface area (Å²) in [5.41, 5.74) is 0. The van der Waals surface area contributed by atoms with Gasteiger partial charge in [0.15, 0.2) is 14.9 Å². The maximum atomic E-state index is 11.2. The van der Waals surface area contributed by atoms with Gasteiger partial charge in [-0.25, -0.2) is 21.8 Å². The van der Waals surface area contributed by atoms with E-state index in [-0.39, 0.29) is 22.6 Å². The topological polar surface area (TPSA) is 86.1 Å². The van der Waals surface area contributed by atoms with E-state index in [0.29, 0.717) is 6.42 Å². The van der Waals surface area contributed by atoms with E-state index in [1.165, 1.54) is 17.1 Å². The molecule has 1 saturated heterocycles. The average Bonchev–Trinajstić information content (AvgIpc) is 2.68. The fourth-order valence-electron chi connectivity index (χ4n) is 1.65. The van der Waals surface area contributed by atoms with Crippen LogP contribution in [-0.2, 0) is 18.9 Å². The van der Waals surface area contributed by atoms with Gasteiger partial charge in [0.05, 0.1) is 17.8 Å². The van der Waals surface area contributed by atoms with E-state index in [2.05, 4.69) is 4.98 Å². The number of nitrogens with zero attached hydrogens (tertiary/aromatic N) is 2. The van der Waals surface area contributed by atoms with Crippen molar-refractivity contribution < 1.29 is 16.8 Å². The molecule has 90 valence electrons. The van der Waals surface area contributed by atoms with E-state index < -0.39 is 18.9 Å². The summed E-state index contributed by atoms with van der Waals surface area (Å²) in [4.78, 5) is 3.63. The molecular weight excluding hydrogens is 276 g/mol. The van der Waals surface area contributed by atoms with Gasteiger partial charge >= 0.3 is 0 Å². The van der Waals surface area contributed by atoms with Crippen molar-refractivity contribution in [1.82, 2.24) is 9.55 Å². The Morgan fingerprint density at radius 1 is 1.50 bits per heavy atom. The number of rotatable bonds is 2. The molecule has 9 heteroatoms. The number of halogens is 1. The van der Waals surface area contributed by atoms with Gasteiger partial charge in [-0.05, 0) is 6.42 Å². The van der Waals surface area contributed by atoms with E-state index in [4.69, 9.17) is 10.7 Å². The molecule has 0 radical (unpaired) electrons. The summed E-state index contributed by atoms with van der Waals surface area (Å²) < 4.78 is 45.9. The lowest BCUT2D eigenvalue weighted by Gasteiger charge is -2.07. The Hall–Kier alpha value is -0.600. The van der Waals surface area contributed by atoms with Crippen LogP contribution < -0.4 is 0 Å². The number of aromatic nitrogens is 2. The fourth-order valence-corrected chi connectivity index (χ4v) is 4.04. The van der Waals surface area contributed by atoms with Gasteiger partial charge in [-0.15, -0.1) is 0 Å². The summed E-state index contributed by atoms with van der Waals surface area (Å²) in [6, 6.07) is -0.246. The third-order valence-corrected chi connectivity index (χ3v) is 5.39. The van der Waals surface area contributed by atoms with Crippen LogP contribution in [0.25, 0.3) is 0 Å². The second kappa shape index (κ2) is 3.71. The van der Waals surface area contributed by atoms with Crippen molar-refractivity contribution >= 4 is 29.6 Å². The van der Waals surface area contributed by atoms with Crippen LogP contribution in [-0.4, -0.2) is 37.9 Å². The van der Waals surface area contributed by atoms with Gasteiger partial charge in [0.25, 0.3) is 9.05 Å². The Labute approximate surface area is 97.6 Å². The molecule has 6 nitrogen and oxygen atoms in total. The van der Waals surface area contributed by atoms with E-state index in [1.807, 2.05) is 0 Å². The van der Waals surface area contributed by atoms with Gasteiger partial charge in [0.1, 0.15) is 0 Å². The van der Waals surface area contributed by atoms with Crippen molar-refractivity contribution in [3.63, 3.8) is 0 Å². The summed E-state index contributed by atoms with van der Waals surface area (Å²) in [5, 5.41) is -0.251. The molecule has 1 aromatic heterocycles. The standard InChI is InChI=1S/C7H9ClN2O4S2/c8-16(13,14)7-3-10(5-9-7)6-1-2-15(11,12)4-6/h3,5-6H,1-2,4H2. The number of sulfone groups is 1. The molecule has 1 aliphatic heterocycles. The van der Waals surface area contributed by atoms with Crippen LogP contribution in [0.1, 0.15) is 12.5 Å². The molecule has 2 rings (SSSR count). The largest absolute Gasteiger partial charge is 0.332 e. The Morgan fingerprint density at radius 2 is 2.19 bits per heavy atom. The minimum absolute atomic E-state index is 0.0190. The molecule has 0 amide bonds. The van der Waals surface area contributed by atoms with Crippen molar-refractivity contribution in [3.05, 3.63) is 12.5 Å². The van der Waals surface area contributed by atoms with Gasteiger partial charge < -0.3 is 4.57 Å². The molecule has 1 unspecified atom stereocenters. The molecule has 0 saturated carbocycles. The lowest BCUT2D eigenvalue weighted by Crippen LogP contribution is -2.09. The highest BCUT2D eigenvalue weighted by Gasteiger charge is 2.29. The second-order valence-corrected chi connectivity index (χ2v) is 8.40. The third-order valence-electron chi connectivity index (χ3n) is 2.46. The first-order valence-corrected chi connectivity index (χ1v) is 8.59. The van der Waals surface area contributed by atoms with E-state index in [1.54, 1.807) is 0 Å². The van der Waals surface area contributed by atoms with Crippen molar-refractivity contribution in [1.29, 1.82) is 0 Å². The van der Waals surface area contributed by atoms with Gasteiger partial charge in [-0.2, -0.15) is 0 Å². The number of hydrogen-bond donors (Lipinski definition) is 0. The summed E-state index contributed by atoms with van der Waals surface area (Å²) >= 11 is 0. The highest BCUT2D eigenvalue weighted by molar-refractivity contribution is 8.13. The van der Waals surface area contributed by atoms with Crippen LogP contribution in [0.5, 0.6) is 0 Å². The smallest absolute Gasteiger partial charge is 0.280 e. The molecule has 0 spiro atoms. The molecule has 0 N–H and O–H groups in total. The predicted molar refractivity (Wildman–Crippen MR) is 57.6 cm³/mol. The maximum Gasteiger partial charge on any atom is 0.280 e. The van der Waals surface area contributed by atoms with E-state index >= 15 is 0 Å². The number of imidazole rings is 1. The highest BCUT2D eigenvalue weighted by atomic mass is 35.7. The maximum absolute atomic E-state index is 11.2. The van der Waals surface area contributed by atoms with Gasteiger partial charge in [0, 0.05) is 22.9 Å². The molecule has 1 atom stereocenters. The predicted octanol–water partition coefficient (Wildman–Crippen LogP) is 0.170. The molecule has 2 heterocycles. The van der Waals surface area contributed by atoms with Gasteiger partial charge in [0.2, 0.25) is 0 Å². The Morgan fingerprint density at radius 3 is 2.62 bits per heavy atom. The first kappa shape index (κ1) is 11.9. The molecule has 0 aliphatic carbocycles. The Balaban J connectivity index is 2.28. The second-order valence-electron chi connectivity index (χ2n) is 3.65. The van der Waals surface area contributed by atoms with Crippen molar-refractivity contribution in [3.8, 4) is 0 Å². The van der Waals surface area contributed by atoms with Crippen LogP contribution >= 0.6 is 10.7 Å². The zero-order chi connectivity index (χ0) is 12.0. The third kappa shape index (κ3) is 2.38. The summed E-state index contributed by atoms with van der Waals surface area (Å²) in [6.07, 6.45) is 3.02. The van der Waals surface area contributed by atoms with Crippen molar-refractivity contribution in [2.24, 2.45) is 0 Å². The molecule has 16 heavy (non-hydrogen) atoms. The highest BCUT2D eigenvalue weighted by Crippen LogP contribution is 2.24. The molecule has 0 bridgehead atoms. The Kier molecular flexibility index (Phi) is 2.75. The molecular formula is C7H9ClN2O4S2. The first-order valence-electron chi connectivity index (χ1n) is 4.46. The average molecular weight is 285 g/mol. The summed E-state index contributed by atoms with van der Waals surface area (Å²) in [7, 11) is -1.74. The summed E-state index contributed by atoms with van der Waals surface area (Å²) in [5.74, 6) is 0.143. The minimum Gasteiger partial charge on any atom is -0.332 e. The fraction of sp³-hybridized carbons (Fsp3) is 0.571. The monoisotopic (exact) mass is 284 g/mol. The normalized spacial score (nSPS) is 24.7. The van der Waals surface area contributed by atoms with E-state index in [0.717, 1.165) is 0 Å². The van der Waals surface area contributed by atoms with Gasteiger partial charge in [-0.3, -0.25) is 0 Å². The van der Waals surface area contributed by atoms with Crippen LogP contribution in [0, 0.1) is 0 Å². The van der Waals surface area contributed by atoms with Crippen LogP contribution in [0.15, 0.2) is 17.6 Å². The summed E-state index contributed by atoms with van der Waals surface area (Å²) in [6.45, 7) is 0. The molecule has 1 aliphatic rings. The number of hydrogen-bond acceptors (Lipinski definition) is 5. The first-order chi connectivity index (χ1) is 7.28. The van der Waals surface area contributed by atoms with Gasteiger partial charge in [-0.1, -0.05) is 0 Å².